The summed E-state index contributed by atoms with van der Waals surface area (Å²) in [6.07, 6.45) is 1.60. The summed E-state index contributed by atoms with van der Waals surface area (Å²) in [5.41, 5.74) is 0. The Morgan fingerprint density at radius 3 is 2.33 bits per heavy atom. The molecule has 0 aliphatic carbocycles. The highest BCUT2D eigenvalue weighted by molar-refractivity contribution is 7.84. The number of nitriles is 1. The number of carbonyl (C=O) groups excluding carboxylic acids is 1. The van der Waals surface area contributed by atoms with E-state index in [4.69, 9.17) is 5.26 Å². The predicted octanol–water partition coefficient (Wildman–Crippen LogP) is 0.665. The maximum atomic E-state index is 11.5. The van der Waals surface area contributed by atoms with Crippen LogP contribution in [0.25, 0.3) is 0 Å². The monoisotopic (exact) mass is 230 g/mol. The molecule has 0 saturated heterocycles. The Labute approximate surface area is 93.5 Å². The third kappa shape index (κ3) is 4.93. The van der Waals surface area contributed by atoms with Gasteiger partial charge in [0.05, 0.1) is 6.07 Å². The molecule has 86 valence electrons. The van der Waals surface area contributed by atoms with Crippen molar-refractivity contribution in [1.82, 2.24) is 5.32 Å². The van der Waals surface area contributed by atoms with Crippen molar-refractivity contribution in [2.24, 2.45) is 11.8 Å². The summed E-state index contributed by atoms with van der Waals surface area (Å²) in [6, 6.07) is 1.97. The van der Waals surface area contributed by atoms with Gasteiger partial charge < -0.3 is 5.32 Å². The lowest BCUT2D eigenvalue weighted by atomic mass is 9.97. The van der Waals surface area contributed by atoms with Crippen LogP contribution in [-0.4, -0.2) is 28.2 Å². The number of carbonyl (C=O) groups is 1. The van der Waals surface area contributed by atoms with Crippen molar-refractivity contribution in [2.45, 2.75) is 26.0 Å². The lowest BCUT2D eigenvalue weighted by molar-refractivity contribution is -0.124. The molecule has 4 nitrogen and oxygen atoms in total. The first-order valence-electron chi connectivity index (χ1n) is 4.89. The molecular formula is C10H18N2O2S. The molecule has 0 saturated carbocycles. The smallest absolute Gasteiger partial charge is 0.237 e. The minimum absolute atomic E-state index is 0.00238. The van der Waals surface area contributed by atoms with E-state index in [0.29, 0.717) is 6.54 Å². The van der Waals surface area contributed by atoms with Gasteiger partial charge in [0.1, 0.15) is 5.92 Å². The van der Waals surface area contributed by atoms with Crippen LogP contribution in [0.2, 0.25) is 0 Å². The van der Waals surface area contributed by atoms with Crippen LogP contribution in [0.3, 0.4) is 0 Å². The van der Waals surface area contributed by atoms with Gasteiger partial charge in [0.25, 0.3) is 0 Å². The van der Waals surface area contributed by atoms with E-state index in [0.717, 1.165) is 0 Å². The average Bonchev–Trinajstić information content (AvgIpc) is 2.14. The molecule has 0 heterocycles. The minimum Gasteiger partial charge on any atom is -0.354 e. The number of nitrogens with zero attached hydrogens (tertiary/aromatic N) is 1. The van der Waals surface area contributed by atoms with Crippen LogP contribution in [-0.2, 0) is 15.6 Å². The standard InChI is InChI=1S/C10H18N2O2S/c1-7(2)9(5-11)10(13)12-6-8(3)15(4)14/h7-9H,6H2,1-4H3,(H,12,13). The van der Waals surface area contributed by atoms with Crippen molar-refractivity contribution in [1.29, 1.82) is 5.26 Å². The second-order valence-corrected chi connectivity index (χ2v) is 5.71. The Balaban J connectivity index is 4.15. The van der Waals surface area contributed by atoms with Gasteiger partial charge in [0.2, 0.25) is 5.91 Å². The number of hydrogen-bond donors (Lipinski definition) is 1. The predicted molar refractivity (Wildman–Crippen MR) is 60.5 cm³/mol. The molecule has 3 atom stereocenters. The van der Waals surface area contributed by atoms with Crippen LogP contribution < -0.4 is 5.32 Å². The molecule has 5 heteroatoms. The van der Waals surface area contributed by atoms with E-state index in [9.17, 15) is 9.00 Å². The summed E-state index contributed by atoms with van der Waals surface area (Å²) in [5.74, 6) is -0.898. The van der Waals surface area contributed by atoms with Crippen LogP contribution in [0.15, 0.2) is 0 Å². The van der Waals surface area contributed by atoms with Crippen LogP contribution >= 0.6 is 0 Å². The van der Waals surface area contributed by atoms with Gasteiger partial charge in [0, 0.05) is 28.9 Å². The highest BCUT2D eigenvalue weighted by atomic mass is 32.2. The molecule has 15 heavy (non-hydrogen) atoms. The van der Waals surface area contributed by atoms with Crippen molar-refractivity contribution in [3.63, 3.8) is 0 Å². The number of nitrogens with one attached hydrogen (secondary N) is 1. The Bertz CT molecular complexity index is 284. The number of hydrogen-bond acceptors (Lipinski definition) is 3. The molecule has 0 bridgehead atoms. The molecular weight excluding hydrogens is 212 g/mol. The molecule has 0 radical (unpaired) electrons. The normalized spacial score (nSPS) is 16.5. The van der Waals surface area contributed by atoms with Crippen molar-refractivity contribution >= 4 is 16.7 Å². The first-order valence-corrected chi connectivity index (χ1v) is 6.51. The first kappa shape index (κ1) is 14.1. The highest BCUT2D eigenvalue weighted by Crippen LogP contribution is 2.09. The van der Waals surface area contributed by atoms with Gasteiger partial charge >= 0.3 is 0 Å². The fraction of sp³-hybridized carbons (Fsp3) is 0.800. The van der Waals surface area contributed by atoms with E-state index in [1.807, 2.05) is 19.9 Å². The first-order chi connectivity index (χ1) is 6.90. The van der Waals surface area contributed by atoms with Crippen LogP contribution in [0.4, 0.5) is 0 Å². The zero-order valence-electron chi connectivity index (χ0n) is 9.61. The summed E-state index contributed by atoms with van der Waals surface area (Å²) in [5, 5.41) is 11.3. The summed E-state index contributed by atoms with van der Waals surface area (Å²) >= 11 is 0. The number of amides is 1. The van der Waals surface area contributed by atoms with E-state index in [2.05, 4.69) is 5.32 Å². The maximum absolute atomic E-state index is 11.5. The average molecular weight is 230 g/mol. The summed E-state index contributed by atoms with van der Waals surface area (Å²) < 4.78 is 11.0. The van der Waals surface area contributed by atoms with E-state index in [1.165, 1.54) is 0 Å². The molecule has 0 spiro atoms. The third-order valence-corrected chi connectivity index (χ3v) is 3.52. The van der Waals surface area contributed by atoms with Gasteiger partial charge in [-0.05, 0) is 12.8 Å². The van der Waals surface area contributed by atoms with E-state index < -0.39 is 16.7 Å². The Morgan fingerprint density at radius 2 is 2.00 bits per heavy atom. The molecule has 0 aromatic heterocycles. The molecule has 0 aliphatic rings. The molecule has 0 rings (SSSR count). The molecule has 0 aromatic carbocycles. The van der Waals surface area contributed by atoms with Crippen LogP contribution in [0.1, 0.15) is 20.8 Å². The van der Waals surface area contributed by atoms with Gasteiger partial charge in [-0.3, -0.25) is 9.00 Å². The molecule has 1 amide bonds. The van der Waals surface area contributed by atoms with Crippen molar-refractivity contribution in [3.8, 4) is 6.07 Å². The van der Waals surface area contributed by atoms with E-state index in [1.54, 1.807) is 13.2 Å². The van der Waals surface area contributed by atoms with Crippen molar-refractivity contribution in [2.75, 3.05) is 12.8 Å². The van der Waals surface area contributed by atoms with Gasteiger partial charge in [-0.15, -0.1) is 0 Å². The second kappa shape index (κ2) is 6.57. The molecule has 0 aromatic rings. The van der Waals surface area contributed by atoms with Gasteiger partial charge in [-0.25, -0.2) is 0 Å². The van der Waals surface area contributed by atoms with Gasteiger partial charge in [0.15, 0.2) is 0 Å². The van der Waals surface area contributed by atoms with Crippen LogP contribution in [0.5, 0.6) is 0 Å². The van der Waals surface area contributed by atoms with E-state index >= 15 is 0 Å². The number of rotatable bonds is 5. The molecule has 1 N–H and O–H groups in total. The highest BCUT2D eigenvalue weighted by Gasteiger charge is 2.21. The summed E-state index contributed by atoms with van der Waals surface area (Å²) in [4.78, 5) is 11.5. The lowest BCUT2D eigenvalue weighted by Gasteiger charge is -2.15. The van der Waals surface area contributed by atoms with Gasteiger partial charge in [-0.2, -0.15) is 5.26 Å². The molecule has 0 aliphatic heterocycles. The zero-order valence-corrected chi connectivity index (χ0v) is 10.4. The second-order valence-electron chi connectivity index (χ2n) is 3.91. The third-order valence-electron chi connectivity index (χ3n) is 2.22. The van der Waals surface area contributed by atoms with Crippen LogP contribution in [0, 0.1) is 23.2 Å². The summed E-state index contributed by atoms with van der Waals surface area (Å²) in [6.45, 7) is 5.81. The van der Waals surface area contributed by atoms with Crippen molar-refractivity contribution in [3.05, 3.63) is 0 Å². The Morgan fingerprint density at radius 1 is 1.47 bits per heavy atom. The zero-order chi connectivity index (χ0) is 12.0. The SMILES string of the molecule is CC(C)C(C#N)C(=O)NCC(C)S(C)=O. The largest absolute Gasteiger partial charge is 0.354 e. The minimum atomic E-state index is -0.950. The fourth-order valence-corrected chi connectivity index (χ4v) is 1.30. The van der Waals surface area contributed by atoms with E-state index in [-0.39, 0.29) is 17.1 Å². The van der Waals surface area contributed by atoms with Crippen molar-refractivity contribution < 1.29 is 9.00 Å². The lowest BCUT2D eigenvalue weighted by Crippen LogP contribution is -2.37. The fourth-order valence-electron chi connectivity index (χ4n) is 0.982. The molecule has 3 unspecified atom stereocenters. The topological polar surface area (TPSA) is 70.0 Å². The Hall–Kier alpha value is -0.890. The van der Waals surface area contributed by atoms with Gasteiger partial charge in [-0.1, -0.05) is 13.8 Å². The molecule has 0 fully saturated rings. The maximum Gasteiger partial charge on any atom is 0.237 e. The quantitative estimate of drug-likeness (QED) is 0.754. The summed E-state index contributed by atoms with van der Waals surface area (Å²) in [7, 11) is -0.950. The Kier molecular flexibility index (Phi) is 6.18.